The molecule has 0 unspecified atom stereocenters. The first-order chi connectivity index (χ1) is 16.1. The predicted molar refractivity (Wildman–Crippen MR) is 137 cm³/mol. The molecule has 8 heteroatoms. The van der Waals surface area contributed by atoms with Crippen LogP contribution in [0.15, 0.2) is 48.5 Å². The Hall–Kier alpha value is -2.87. The molecule has 1 N–H and O–H groups in total. The van der Waals surface area contributed by atoms with Gasteiger partial charge in [-0.3, -0.25) is 13.9 Å². The number of carbonyl (C=O) groups excluding carboxylic acids is 2. The van der Waals surface area contributed by atoms with Gasteiger partial charge in [0.05, 0.1) is 11.9 Å². The molecule has 0 radical (unpaired) electrons. The van der Waals surface area contributed by atoms with Crippen LogP contribution in [0.1, 0.15) is 43.4 Å². The van der Waals surface area contributed by atoms with Gasteiger partial charge in [0, 0.05) is 26.1 Å². The number of aryl methyl sites for hydroxylation is 1. The average Bonchev–Trinajstić information content (AvgIpc) is 2.79. The van der Waals surface area contributed by atoms with Gasteiger partial charge in [0.2, 0.25) is 21.8 Å². The Bertz CT molecular complexity index is 1070. The van der Waals surface area contributed by atoms with Gasteiger partial charge >= 0.3 is 0 Å². The van der Waals surface area contributed by atoms with Crippen LogP contribution in [0, 0.1) is 13.8 Å². The van der Waals surface area contributed by atoms with Gasteiger partial charge in [-0.15, -0.1) is 0 Å². The molecule has 2 amide bonds. The molecular weight excluding hydrogens is 450 g/mol. The summed E-state index contributed by atoms with van der Waals surface area (Å²) >= 11 is 0. The molecule has 0 aromatic heterocycles. The molecule has 0 aliphatic carbocycles. The van der Waals surface area contributed by atoms with E-state index in [2.05, 4.69) is 5.32 Å². The van der Waals surface area contributed by atoms with E-state index in [1.54, 1.807) is 17.9 Å². The van der Waals surface area contributed by atoms with E-state index in [1.165, 1.54) is 10.6 Å². The van der Waals surface area contributed by atoms with Crippen molar-refractivity contribution in [2.45, 2.75) is 53.0 Å². The maximum Gasteiger partial charge on any atom is 0.242 e. The van der Waals surface area contributed by atoms with Gasteiger partial charge in [-0.25, -0.2) is 8.42 Å². The van der Waals surface area contributed by atoms with E-state index in [0.717, 1.165) is 16.7 Å². The summed E-state index contributed by atoms with van der Waals surface area (Å²) in [7, 11) is -3.51. The third kappa shape index (κ3) is 7.58. The van der Waals surface area contributed by atoms with E-state index in [4.69, 9.17) is 0 Å². The van der Waals surface area contributed by atoms with Crippen molar-refractivity contribution >= 4 is 27.5 Å². The number of sulfonamides is 1. The van der Waals surface area contributed by atoms with E-state index in [1.807, 2.05) is 63.2 Å². The SMILES string of the molecule is CCNC(=O)[C@H](C)N(CCc1ccccc1)C(=O)CCCN(c1cccc(C)c1C)S(C)(=O)=O. The maximum atomic E-state index is 13.2. The number of anilines is 1. The molecule has 7 nitrogen and oxygen atoms in total. The minimum absolute atomic E-state index is 0.148. The molecule has 0 aliphatic heterocycles. The van der Waals surface area contributed by atoms with Crippen LogP contribution in [0.5, 0.6) is 0 Å². The highest BCUT2D eigenvalue weighted by atomic mass is 32.2. The number of hydrogen-bond donors (Lipinski definition) is 1. The number of rotatable bonds is 12. The van der Waals surface area contributed by atoms with Gasteiger partial charge in [0.1, 0.15) is 6.04 Å². The van der Waals surface area contributed by atoms with Crippen molar-refractivity contribution in [3.8, 4) is 0 Å². The summed E-state index contributed by atoms with van der Waals surface area (Å²) in [5, 5.41) is 2.79. The number of amides is 2. The molecule has 2 aromatic rings. The molecule has 0 saturated carbocycles. The van der Waals surface area contributed by atoms with Crippen LogP contribution in [0.3, 0.4) is 0 Å². The van der Waals surface area contributed by atoms with Crippen LogP contribution >= 0.6 is 0 Å². The molecule has 2 aromatic carbocycles. The second-order valence-electron chi connectivity index (χ2n) is 8.55. The van der Waals surface area contributed by atoms with Crippen molar-refractivity contribution in [3.63, 3.8) is 0 Å². The molecule has 186 valence electrons. The fourth-order valence-corrected chi connectivity index (χ4v) is 4.90. The lowest BCUT2D eigenvalue weighted by Crippen LogP contribution is -2.48. The molecule has 34 heavy (non-hydrogen) atoms. The standard InChI is InChI=1S/C26H37N3O4S/c1-6-27-26(31)22(4)28(19-17-23-13-8-7-9-14-23)25(30)16-11-18-29(34(5,32)33)24-15-10-12-20(2)21(24)3/h7-10,12-15,22H,6,11,16-19H2,1-5H3,(H,27,31)/t22-/m0/s1. The Morgan fingerprint density at radius 2 is 1.68 bits per heavy atom. The highest BCUT2D eigenvalue weighted by Gasteiger charge is 2.26. The van der Waals surface area contributed by atoms with Crippen LogP contribution in [0.4, 0.5) is 5.69 Å². The maximum absolute atomic E-state index is 13.2. The van der Waals surface area contributed by atoms with Gasteiger partial charge in [-0.05, 0) is 63.3 Å². The molecule has 0 saturated heterocycles. The summed E-state index contributed by atoms with van der Waals surface area (Å²) in [6.45, 7) is 8.50. The predicted octanol–water partition coefficient (Wildman–Crippen LogP) is 3.45. The smallest absolute Gasteiger partial charge is 0.242 e. The summed E-state index contributed by atoms with van der Waals surface area (Å²) in [5.41, 5.74) is 3.62. The fraction of sp³-hybridized carbons (Fsp3) is 0.462. The Morgan fingerprint density at radius 3 is 2.29 bits per heavy atom. The number of nitrogens with zero attached hydrogens (tertiary/aromatic N) is 2. The monoisotopic (exact) mass is 487 g/mol. The number of likely N-dealkylation sites (N-methyl/N-ethyl adjacent to an activating group) is 1. The minimum atomic E-state index is -3.51. The summed E-state index contributed by atoms with van der Waals surface area (Å²) in [4.78, 5) is 27.3. The highest BCUT2D eigenvalue weighted by molar-refractivity contribution is 7.92. The first-order valence-electron chi connectivity index (χ1n) is 11.7. The normalized spacial score (nSPS) is 12.1. The molecule has 0 bridgehead atoms. The van der Waals surface area contributed by atoms with E-state index in [9.17, 15) is 18.0 Å². The number of carbonyl (C=O) groups is 2. The van der Waals surface area contributed by atoms with Gasteiger partial charge in [0.15, 0.2) is 0 Å². The van der Waals surface area contributed by atoms with Crippen molar-refractivity contribution in [2.24, 2.45) is 0 Å². The van der Waals surface area contributed by atoms with E-state index in [0.29, 0.717) is 31.6 Å². The number of hydrogen-bond acceptors (Lipinski definition) is 4. The first-order valence-corrected chi connectivity index (χ1v) is 13.6. The lowest BCUT2D eigenvalue weighted by Gasteiger charge is -2.29. The topological polar surface area (TPSA) is 86.8 Å². The lowest BCUT2D eigenvalue weighted by atomic mass is 10.1. The van der Waals surface area contributed by atoms with Crippen molar-refractivity contribution in [1.29, 1.82) is 0 Å². The second kappa shape index (κ2) is 12.6. The second-order valence-corrected chi connectivity index (χ2v) is 10.5. The van der Waals surface area contributed by atoms with Crippen molar-refractivity contribution in [1.82, 2.24) is 10.2 Å². The largest absolute Gasteiger partial charge is 0.355 e. The first kappa shape index (κ1) is 27.4. The number of nitrogens with one attached hydrogen (secondary N) is 1. The van der Waals surface area contributed by atoms with Gasteiger partial charge in [-0.1, -0.05) is 42.5 Å². The Kier molecular flexibility index (Phi) is 10.1. The molecule has 1 atom stereocenters. The highest BCUT2D eigenvalue weighted by Crippen LogP contribution is 2.25. The van der Waals surface area contributed by atoms with Crippen LogP contribution < -0.4 is 9.62 Å². The summed E-state index contributed by atoms with van der Waals surface area (Å²) in [6, 6.07) is 14.8. The molecule has 0 fully saturated rings. The van der Waals surface area contributed by atoms with Crippen molar-refractivity contribution < 1.29 is 18.0 Å². The number of benzene rings is 2. The summed E-state index contributed by atoms with van der Waals surface area (Å²) < 4.78 is 26.4. The third-order valence-electron chi connectivity index (χ3n) is 6.00. The van der Waals surface area contributed by atoms with Crippen LogP contribution in [-0.4, -0.2) is 57.1 Å². The zero-order chi connectivity index (χ0) is 25.3. The zero-order valence-electron chi connectivity index (χ0n) is 20.9. The van der Waals surface area contributed by atoms with Gasteiger partial charge < -0.3 is 10.2 Å². The quantitative estimate of drug-likeness (QED) is 0.497. The van der Waals surface area contributed by atoms with Crippen LogP contribution in [0.2, 0.25) is 0 Å². The van der Waals surface area contributed by atoms with Gasteiger partial charge in [0.25, 0.3) is 0 Å². The van der Waals surface area contributed by atoms with E-state index >= 15 is 0 Å². The van der Waals surface area contributed by atoms with Crippen molar-refractivity contribution in [3.05, 3.63) is 65.2 Å². The van der Waals surface area contributed by atoms with E-state index < -0.39 is 16.1 Å². The molecule has 2 rings (SSSR count). The molecule has 0 aliphatic rings. The third-order valence-corrected chi connectivity index (χ3v) is 7.18. The fourth-order valence-electron chi connectivity index (χ4n) is 3.88. The van der Waals surface area contributed by atoms with Gasteiger partial charge in [-0.2, -0.15) is 0 Å². The zero-order valence-corrected chi connectivity index (χ0v) is 21.7. The lowest BCUT2D eigenvalue weighted by molar-refractivity contribution is -0.139. The molecular formula is C26H37N3O4S. The summed E-state index contributed by atoms with van der Waals surface area (Å²) in [6.07, 6.45) is 2.31. The van der Waals surface area contributed by atoms with Crippen LogP contribution in [-0.2, 0) is 26.0 Å². The van der Waals surface area contributed by atoms with E-state index in [-0.39, 0.29) is 24.8 Å². The summed E-state index contributed by atoms with van der Waals surface area (Å²) in [5.74, 6) is -0.360. The minimum Gasteiger partial charge on any atom is -0.355 e. The van der Waals surface area contributed by atoms with Crippen LogP contribution in [0.25, 0.3) is 0 Å². The average molecular weight is 488 g/mol. The Morgan fingerprint density at radius 1 is 1.00 bits per heavy atom. The Balaban J connectivity index is 2.13. The molecule has 0 spiro atoms. The van der Waals surface area contributed by atoms with Crippen molar-refractivity contribution in [2.75, 3.05) is 30.2 Å². The molecule has 0 heterocycles. The Labute approximate surface area is 204 Å².